The molecule has 1 aromatic carbocycles. The molecule has 3 aromatic rings. The average molecular weight is 350 g/mol. The molecule has 3 heterocycles. The maximum Gasteiger partial charge on any atom is 0.239 e. The van der Waals surface area contributed by atoms with Gasteiger partial charge < -0.3 is 15.4 Å². The van der Waals surface area contributed by atoms with Crippen molar-refractivity contribution >= 4 is 22.7 Å². The molecule has 0 spiro atoms. The lowest BCUT2D eigenvalue weighted by molar-refractivity contribution is 0.0985. The van der Waals surface area contributed by atoms with E-state index in [9.17, 15) is 0 Å². The van der Waals surface area contributed by atoms with Crippen molar-refractivity contribution in [1.29, 1.82) is 0 Å². The molecule has 7 heteroatoms. The number of rotatable bonds is 3. The van der Waals surface area contributed by atoms with E-state index >= 15 is 0 Å². The monoisotopic (exact) mass is 350 g/mol. The molecule has 7 nitrogen and oxygen atoms in total. The van der Waals surface area contributed by atoms with Crippen LogP contribution in [0.4, 0.5) is 11.6 Å². The second-order valence-electron chi connectivity index (χ2n) is 7.14. The highest BCUT2D eigenvalue weighted by molar-refractivity contribution is 5.78. The predicted octanol–water partition coefficient (Wildman–Crippen LogP) is 2.50. The molecule has 0 bridgehead atoms. The van der Waals surface area contributed by atoms with Gasteiger partial charge in [0.05, 0.1) is 30.3 Å². The van der Waals surface area contributed by atoms with Gasteiger partial charge in [-0.15, -0.1) is 0 Å². The highest BCUT2D eigenvalue weighted by Crippen LogP contribution is 2.41. The van der Waals surface area contributed by atoms with Crippen LogP contribution in [0.25, 0.3) is 17.0 Å². The highest BCUT2D eigenvalue weighted by Gasteiger charge is 2.31. The largest absolute Gasteiger partial charge is 0.383 e. The minimum Gasteiger partial charge on any atom is -0.383 e. The number of benzene rings is 1. The first-order chi connectivity index (χ1) is 12.7. The Hall–Kier alpha value is -2.67. The highest BCUT2D eigenvalue weighted by atomic mass is 16.5. The Morgan fingerprint density at radius 2 is 2.00 bits per heavy atom. The summed E-state index contributed by atoms with van der Waals surface area (Å²) in [5, 5.41) is 0. The summed E-state index contributed by atoms with van der Waals surface area (Å²) in [5.41, 5.74) is 8.16. The molecule has 1 aliphatic carbocycles. The zero-order valence-electron chi connectivity index (χ0n) is 14.8. The normalized spacial score (nSPS) is 20.7. The summed E-state index contributed by atoms with van der Waals surface area (Å²) < 4.78 is 7.63. The number of hydrogen-bond acceptors (Lipinski definition) is 6. The van der Waals surface area contributed by atoms with Gasteiger partial charge in [-0.3, -0.25) is 4.57 Å². The van der Waals surface area contributed by atoms with Crippen molar-refractivity contribution in [2.24, 2.45) is 0 Å². The SMILES string of the molecule is CC1COCCN1c1cc(N)nc(-n2c(C3CC3)nc3ccccc32)n1. The summed E-state index contributed by atoms with van der Waals surface area (Å²) in [6, 6.07) is 10.2. The number of aromatic nitrogens is 4. The van der Waals surface area contributed by atoms with Crippen LogP contribution in [0.3, 0.4) is 0 Å². The Morgan fingerprint density at radius 3 is 2.81 bits per heavy atom. The fourth-order valence-corrected chi connectivity index (χ4v) is 3.62. The van der Waals surface area contributed by atoms with Crippen LogP contribution >= 0.6 is 0 Å². The number of fused-ring (bicyclic) bond motifs is 1. The van der Waals surface area contributed by atoms with Crippen molar-refractivity contribution in [3.8, 4) is 5.95 Å². The Kier molecular flexibility index (Phi) is 3.56. The van der Waals surface area contributed by atoms with E-state index in [2.05, 4.69) is 27.4 Å². The molecule has 134 valence electrons. The molecule has 1 saturated carbocycles. The van der Waals surface area contributed by atoms with Crippen LogP contribution in [0.2, 0.25) is 0 Å². The van der Waals surface area contributed by atoms with Gasteiger partial charge in [-0.25, -0.2) is 4.98 Å². The van der Waals surface area contributed by atoms with Gasteiger partial charge in [-0.1, -0.05) is 12.1 Å². The quantitative estimate of drug-likeness (QED) is 0.781. The van der Waals surface area contributed by atoms with Crippen LogP contribution in [-0.2, 0) is 4.74 Å². The Balaban J connectivity index is 1.67. The molecule has 0 amide bonds. The fourth-order valence-electron chi connectivity index (χ4n) is 3.62. The third-order valence-electron chi connectivity index (χ3n) is 5.11. The number of nitrogens with zero attached hydrogens (tertiary/aromatic N) is 5. The molecule has 2 fully saturated rings. The number of imidazole rings is 1. The molecular weight excluding hydrogens is 328 g/mol. The summed E-state index contributed by atoms with van der Waals surface area (Å²) in [5.74, 6) is 3.45. The predicted molar refractivity (Wildman–Crippen MR) is 101 cm³/mol. The van der Waals surface area contributed by atoms with E-state index in [0.717, 1.165) is 29.2 Å². The van der Waals surface area contributed by atoms with Crippen LogP contribution in [0, 0.1) is 0 Å². The van der Waals surface area contributed by atoms with E-state index < -0.39 is 0 Å². The van der Waals surface area contributed by atoms with Crippen molar-refractivity contribution < 1.29 is 4.74 Å². The van der Waals surface area contributed by atoms with E-state index in [1.54, 1.807) is 0 Å². The summed E-state index contributed by atoms with van der Waals surface area (Å²) in [6.45, 7) is 4.34. The molecule has 1 atom stereocenters. The maximum absolute atomic E-state index is 6.16. The number of hydrogen-bond donors (Lipinski definition) is 1. The van der Waals surface area contributed by atoms with Crippen LogP contribution in [0.15, 0.2) is 30.3 Å². The van der Waals surface area contributed by atoms with Gasteiger partial charge in [-0.2, -0.15) is 9.97 Å². The fraction of sp³-hybridized carbons (Fsp3) is 0.421. The lowest BCUT2D eigenvalue weighted by Gasteiger charge is -2.34. The third kappa shape index (κ3) is 2.59. The van der Waals surface area contributed by atoms with Gasteiger partial charge >= 0.3 is 0 Å². The number of nitrogens with two attached hydrogens (primary N) is 1. The number of anilines is 2. The van der Waals surface area contributed by atoms with E-state index in [0.29, 0.717) is 30.9 Å². The minimum atomic E-state index is 0.258. The first kappa shape index (κ1) is 15.6. The number of ether oxygens (including phenoxy) is 1. The molecule has 1 saturated heterocycles. The standard InChI is InChI=1S/C19H22N6O/c1-12-11-26-9-8-24(12)17-10-16(20)22-19(23-17)25-15-5-3-2-4-14(15)21-18(25)13-6-7-13/h2-5,10,12-13H,6-9,11H2,1H3,(H2,20,22,23). The zero-order chi connectivity index (χ0) is 17.7. The minimum absolute atomic E-state index is 0.258. The maximum atomic E-state index is 6.16. The number of para-hydroxylation sites is 2. The molecular formula is C19H22N6O. The van der Waals surface area contributed by atoms with E-state index in [1.165, 1.54) is 12.8 Å². The Labute approximate surface area is 151 Å². The summed E-state index contributed by atoms with van der Waals surface area (Å²) in [6.07, 6.45) is 2.33. The average Bonchev–Trinajstić information content (AvgIpc) is 3.41. The molecule has 1 aliphatic heterocycles. The molecule has 5 rings (SSSR count). The number of morpholine rings is 1. The van der Waals surface area contributed by atoms with Gasteiger partial charge in [0.1, 0.15) is 17.5 Å². The zero-order valence-corrected chi connectivity index (χ0v) is 14.8. The van der Waals surface area contributed by atoms with Crippen LogP contribution in [-0.4, -0.2) is 45.3 Å². The molecule has 1 unspecified atom stereocenters. The molecule has 2 aromatic heterocycles. The summed E-state index contributed by atoms with van der Waals surface area (Å²) >= 11 is 0. The van der Waals surface area contributed by atoms with E-state index in [1.807, 2.05) is 24.3 Å². The van der Waals surface area contributed by atoms with E-state index in [4.69, 9.17) is 20.4 Å². The summed E-state index contributed by atoms with van der Waals surface area (Å²) in [7, 11) is 0. The smallest absolute Gasteiger partial charge is 0.239 e. The van der Waals surface area contributed by atoms with Crippen LogP contribution in [0.5, 0.6) is 0 Å². The van der Waals surface area contributed by atoms with Crippen LogP contribution < -0.4 is 10.6 Å². The molecule has 26 heavy (non-hydrogen) atoms. The number of nitrogen functional groups attached to an aromatic ring is 1. The van der Waals surface area contributed by atoms with Crippen molar-refractivity contribution in [3.63, 3.8) is 0 Å². The third-order valence-corrected chi connectivity index (χ3v) is 5.11. The van der Waals surface area contributed by atoms with Gasteiger partial charge in [0.25, 0.3) is 0 Å². The van der Waals surface area contributed by atoms with Crippen molar-refractivity contribution in [1.82, 2.24) is 19.5 Å². The van der Waals surface area contributed by atoms with Gasteiger partial charge in [0, 0.05) is 18.5 Å². The van der Waals surface area contributed by atoms with Gasteiger partial charge in [-0.05, 0) is 31.9 Å². The van der Waals surface area contributed by atoms with Gasteiger partial charge in [0.2, 0.25) is 5.95 Å². The lowest BCUT2D eigenvalue weighted by Crippen LogP contribution is -2.44. The van der Waals surface area contributed by atoms with Crippen molar-refractivity contribution in [3.05, 3.63) is 36.2 Å². The molecule has 2 aliphatic rings. The van der Waals surface area contributed by atoms with Crippen molar-refractivity contribution in [2.75, 3.05) is 30.4 Å². The second-order valence-corrected chi connectivity index (χ2v) is 7.14. The Morgan fingerprint density at radius 1 is 1.15 bits per heavy atom. The van der Waals surface area contributed by atoms with Gasteiger partial charge in [0.15, 0.2) is 0 Å². The second kappa shape index (κ2) is 5.95. The molecule has 0 radical (unpaired) electrons. The lowest BCUT2D eigenvalue weighted by atomic mass is 10.2. The first-order valence-corrected chi connectivity index (χ1v) is 9.17. The van der Waals surface area contributed by atoms with Crippen LogP contribution in [0.1, 0.15) is 31.5 Å². The summed E-state index contributed by atoms with van der Waals surface area (Å²) in [4.78, 5) is 16.5. The van der Waals surface area contributed by atoms with E-state index in [-0.39, 0.29) is 6.04 Å². The molecule has 2 N–H and O–H groups in total. The topological polar surface area (TPSA) is 82.1 Å². The first-order valence-electron chi connectivity index (χ1n) is 9.17. The Bertz CT molecular complexity index is 964. The van der Waals surface area contributed by atoms with Crippen molar-refractivity contribution in [2.45, 2.75) is 31.7 Å².